The summed E-state index contributed by atoms with van der Waals surface area (Å²) >= 11 is 1.36. The van der Waals surface area contributed by atoms with Crippen LogP contribution in [0.1, 0.15) is 19.3 Å². The van der Waals surface area contributed by atoms with Crippen molar-refractivity contribution in [3.8, 4) is 0 Å². The van der Waals surface area contributed by atoms with E-state index in [1.165, 1.54) is 39.7 Å². The molecule has 0 bridgehead atoms. The minimum atomic E-state index is 0. The van der Waals surface area contributed by atoms with Crippen molar-refractivity contribution in [1.82, 2.24) is 0 Å². The van der Waals surface area contributed by atoms with Crippen LogP contribution < -0.4 is 0 Å². The average molecular weight is 461 g/mol. The van der Waals surface area contributed by atoms with Gasteiger partial charge in [-0.1, -0.05) is 12.5 Å². The number of aliphatic hydroxyl groups excluding tert-OH is 1. The summed E-state index contributed by atoms with van der Waals surface area (Å²) in [5, 5.41) is 11.1. The maximum absolute atomic E-state index is 8.47. The molecule has 0 heterocycles. The third-order valence-corrected chi connectivity index (χ3v) is 2.94. The third-order valence-electron chi connectivity index (χ3n) is 2.94. The quantitative estimate of drug-likeness (QED) is 0.482. The molecule has 0 aliphatic heterocycles. The van der Waals surface area contributed by atoms with Crippen molar-refractivity contribution in [2.24, 2.45) is 0 Å². The van der Waals surface area contributed by atoms with Crippen molar-refractivity contribution in [1.29, 1.82) is 0 Å². The van der Waals surface area contributed by atoms with Gasteiger partial charge in [-0.2, -0.15) is 23.6 Å². The number of aliphatic hydroxyl groups is 1. The van der Waals surface area contributed by atoms with E-state index in [2.05, 4.69) is 61.5 Å². The molecule has 2 aromatic carbocycles. The Morgan fingerprint density at radius 1 is 1.12 bits per heavy atom. The Hall–Kier alpha value is -0.0500. The van der Waals surface area contributed by atoms with Crippen molar-refractivity contribution in [2.45, 2.75) is 19.3 Å². The summed E-state index contributed by atoms with van der Waals surface area (Å²) in [7, 11) is 0. The maximum Gasteiger partial charge on any atom is -0.0809 e. The molecule has 1 N–H and O–H groups in total. The Morgan fingerprint density at radius 2 is 1.79 bits per heavy atom. The second kappa shape index (κ2) is 21.0. The van der Waals surface area contributed by atoms with Gasteiger partial charge in [0.25, 0.3) is 0 Å². The molecule has 0 spiro atoms. The van der Waals surface area contributed by atoms with Crippen LogP contribution in [0.4, 0.5) is 0 Å². The molecule has 0 aromatic heterocycles. The molecule has 0 fully saturated rings. The molecular weight excluding hydrogens is 434 g/mol. The molecule has 2 radical (unpaired) electrons. The molecule has 0 atom stereocenters. The Morgan fingerprint density at radius 3 is 2.33 bits per heavy atom. The topological polar surface area (TPSA) is 20.2 Å². The van der Waals surface area contributed by atoms with Gasteiger partial charge < -0.3 is 20.0 Å². The van der Waals surface area contributed by atoms with Gasteiger partial charge in [-0.25, -0.2) is 11.6 Å². The van der Waals surface area contributed by atoms with Crippen LogP contribution in [0.2, 0.25) is 0 Å². The molecule has 2 aromatic rings. The van der Waals surface area contributed by atoms with E-state index in [1.807, 2.05) is 6.08 Å². The second-order valence-corrected chi connectivity index (χ2v) is 4.31. The van der Waals surface area contributed by atoms with Crippen molar-refractivity contribution in [2.75, 3.05) is 6.61 Å². The molecular formula is C19H26Cl2OSiZr-4. The Bertz CT molecular complexity index is 537. The predicted octanol–water partition coefficient (Wildman–Crippen LogP) is 5.37. The third kappa shape index (κ3) is 12.3. The van der Waals surface area contributed by atoms with Crippen LogP contribution in [0.5, 0.6) is 0 Å². The number of halogens is 2. The number of benzene rings is 1. The molecule has 0 saturated carbocycles. The van der Waals surface area contributed by atoms with E-state index in [0.717, 1.165) is 19.3 Å². The van der Waals surface area contributed by atoms with E-state index in [-0.39, 0.29) is 39.7 Å². The first-order valence-electron chi connectivity index (χ1n) is 6.62. The van der Waals surface area contributed by atoms with Crippen LogP contribution in [0.3, 0.4) is 0 Å². The molecule has 1 nitrogen and oxygen atoms in total. The van der Waals surface area contributed by atoms with E-state index in [9.17, 15) is 0 Å². The van der Waals surface area contributed by atoms with Crippen LogP contribution in [-0.4, -0.2) is 18.6 Å². The van der Waals surface area contributed by atoms with Gasteiger partial charge in [-0.3, -0.25) is 6.08 Å². The van der Waals surface area contributed by atoms with Crippen LogP contribution in [-0.2, 0) is 23.3 Å². The minimum absolute atomic E-state index is 0. The predicted molar refractivity (Wildman–Crippen MR) is 109 cm³/mol. The smallest absolute Gasteiger partial charge is 0.0809 e. The maximum atomic E-state index is 8.47. The second-order valence-electron chi connectivity index (χ2n) is 4.31. The molecule has 0 saturated heterocycles. The molecule has 0 unspecified atom stereocenters. The zero-order valence-corrected chi connectivity index (χ0v) is 19.4. The van der Waals surface area contributed by atoms with Gasteiger partial charge >= 0.3 is 30.2 Å². The summed E-state index contributed by atoms with van der Waals surface area (Å²) in [6.07, 6.45) is 10.1. The standard InChI is InChI=1S/C9H7.C8H11O.2CH3.2ClH.Si.Zr/c1-2-5-9-7-3-6-8(9)4-1;9-7-3-6-8-4-1-2-5-8;;;;;;/h1-7H;4-5,9H,1,3,6-7H2;2*1H3;2*1H;;/q4*-1;;;;. The SMILES string of the molecule is Cl.Cl.OCCCC1=CC[C-]=C1.[CH3-].[CH3-].[Si]=[Zr].c1ccc2[cH-]ccc2c1. The summed E-state index contributed by atoms with van der Waals surface area (Å²) in [5.74, 6) is 0. The summed E-state index contributed by atoms with van der Waals surface area (Å²) < 4.78 is 0. The van der Waals surface area contributed by atoms with Crippen molar-refractivity contribution in [3.05, 3.63) is 81.1 Å². The minimum Gasteiger partial charge on any atom is -0.168 e. The van der Waals surface area contributed by atoms with Crippen LogP contribution in [0, 0.1) is 20.9 Å². The molecule has 0 amide bonds. The molecule has 5 heteroatoms. The van der Waals surface area contributed by atoms with E-state index in [0.29, 0.717) is 6.61 Å². The van der Waals surface area contributed by atoms with Crippen LogP contribution in [0.15, 0.2) is 60.2 Å². The van der Waals surface area contributed by atoms with Gasteiger partial charge in [-0.05, 0) is 6.42 Å². The van der Waals surface area contributed by atoms with Gasteiger partial charge in [0.15, 0.2) is 0 Å². The fourth-order valence-corrected chi connectivity index (χ4v) is 1.97. The summed E-state index contributed by atoms with van der Waals surface area (Å²) in [4.78, 5) is 0. The molecule has 134 valence electrons. The van der Waals surface area contributed by atoms with E-state index >= 15 is 0 Å². The summed E-state index contributed by atoms with van der Waals surface area (Å²) in [6.45, 7) is 3.36. The number of hydrogen-bond donors (Lipinski definition) is 1. The van der Waals surface area contributed by atoms with Crippen LogP contribution in [0.25, 0.3) is 10.8 Å². The average Bonchev–Trinajstić information content (AvgIpc) is 3.19. The fourth-order valence-electron chi connectivity index (χ4n) is 1.97. The number of allylic oxidation sites excluding steroid dienone is 4. The van der Waals surface area contributed by atoms with Crippen molar-refractivity contribution in [3.63, 3.8) is 0 Å². The van der Waals surface area contributed by atoms with E-state index in [1.54, 1.807) is 0 Å². The van der Waals surface area contributed by atoms with Gasteiger partial charge in [0, 0.05) is 6.61 Å². The van der Waals surface area contributed by atoms with Gasteiger partial charge in [0.1, 0.15) is 0 Å². The first kappa shape index (κ1) is 31.7. The van der Waals surface area contributed by atoms with E-state index in [4.69, 9.17) is 5.11 Å². The largest absolute Gasteiger partial charge is 0.168 e. The van der Waals surface area contributed by atoms with Crippen molar-refractivity contribution < 1.29 is 28.4 Å². The summed E-state index contributed by atoms with van der Waals surface area (Å²) in [5.41, 5.74) is 1.32. The van der Waals surface area contributed by atoms with Gasteiger partial charge in [0.2, 0.25) is 0 Å². The number of fused-ring (bicyclic) bond motifs is 1. The van der Waals surface area contributed by atoms with Crippen molar-refractivity contribution >= 4 is 42.5 Å². The number of hydrogen-bond acceptors (Lipinski definition) is 1. The molecule has 3 rings (SSSR count). The van der Waals surface area contributed by atoms with Gasteiger partial charge in [0.05, 0.1) is 0 Å². The molecule has 1 aliphatic carbocycles. The zero-order chi connectivity index (χ0) is 14.6. The Kier molecular flexibility index (Phi) is 27.7. The monoisotopic (exact) mass is 458 g/mol. The Labute approximate surface area is 177 Å². The zero-order valence-electron chi connectivity index (χ0n) is 14.3. The fraction of sp³-hybridized carbons (Fsp3) is 0.211. The molecule has 24 heavy (non-hydrogen) atoms. The Balaban J connectivity index is -0.000000131. The van der Waals surface area contributed by atoms with Gasteiger partial charge in [-0.15, -0.1) is 60.9 Å². The number of rotatable bonds is 3. The first-order valence-corrected chi connectivity index (χ1v) is 10.8. The van der Waals surface area contributed by atoms with Crippen LogP contribution >= 0.6 is 24.8 Å². The van der Waals surface area contributed by atoms with E-state index < -0.39 is 0 Å². The summed E-state index contributed by atoms with van der Waals surface area (Å²) in [6, 6.07) is 14.7. The molecule has 1 aliphatic rings. The first-order chi connectivity index (χ1) is 9.90. The normalized spacial score (nSPS) is 10.1.